The number of carbonyl (C=O) groups excluding carboxylic acids is 1. The molecule has 1 aliphatic heterocycles. The van der Waals surface area contributed by atoms with Crippen LogP contribution in [-0.4, -0.2) is 39.5 Å². The summed E-state index contributed by atoms with van der Waals surface area (Å²) in [4.78, 5) is 15.4. The molecule has 35 heavy (non-hydrogen) atoms. The van der Waals surface area contributed by atoms with Gasteiger partial charge in [0.15, 0.2) is 5.69 Å². The SMILES string of the molecule is Cc1cccc(C(=O)Nc2cc3cn(C4CCC(O)(C5CC5)CC4)nc3cc2N2CCCC2)[n+]1[O-]. The van der Waals surface area contributed by atoms with Crippen molar-refractivity contribution in [3.63, 3.8) is 0 Å². The van der Waals surface area contributed by atoms with Crippen molar-refractivity contribution < 1.29 is 14.6 Å². The molecular weight excluding hydrogens is 442 g/mol. The van der Waals surface area contributed by atoms with E-state index in [1.807, 2.05) is 6.07 Å². The fourth-order valence-electron chi connectivity index (χ4n) is 5.94. The highest BCUT2D eigenvalue weighted by molar-refractivity contribution is 6.05. The van der Waals surface area contributed by atoms with E-state index >= 15 is 0 Å². The van der Waals surface area contributed by atoms with Crippen molar-refractivity contribution in [2.45, 2.75) is 69.9 Å². The topological polar surface area (TPSA) is 97.3 Å². The molecule has 0 unspecified atom stereocenters. The second kappa shape index (κ2) is 8.52. The Morgan fingerprint density at radius 3 is 2.63 bits per heavy atom. The van der Waals surface area contributed by atoms with Crippen LogP contribution in [0.2, 0.25) is 0 Å². The maximum absolute atomic E-state index is 13.1. The first-order valence-electron chi connectivity index (χ1n) is 12.9. The number of hydrogen-bond acceptors (Lipinski definition) is 5. The van der Waals surface area contributed by atoms with Crippen LogP contribution in [0.5, 0.6) is 0 Å². The first-order valence-corrected chi connectivity index (χ1v) is 12.9. The number of nitrogens with zero attached hydrogens (tertiary/aromatic N) is 4. The van der Waals surface area contributed by atoms with Crippen molar-refractivity contribution in [2.24, 2.45) is 5.92 Å². The van der Waals surface area contributed by atoms with Gasteiger partial charge in [-0.1, -0.05) is 0 Å². The van der Waals surface area contributed by atoms with E-state index in [0.29, 0.717) is 22.0 Å². The molecule has 8 nitrogen and oxygen atoms in total. The molecule has 0 spiro atoms. The molecule has 6 rings (SSSR count). The molecule has 1 aromatic carbocycles. The lowest BCUT2D eigenvalue weighted by Crippen LogP contribution is -2.39. The van der Waals surface area contributed by atoms with Gasteiger partial charge < -0.3 is 20.5 Å². The number of carbonyl (C=O) groups is 1. The van der Waals surface area contributed by atoms with Crippen LogP contribution < -0.4 is 14.9 Å². The first-order chi connectivity index (χ1) is 16.9. The Bertz CT molecular complexity index is 1270. The minimum absolute atomic E-state index is 0.0820. The van der Waals surface area contributed by atoms with Gasteiger partial charge in [0.1, 0.15) is 0 Å². The second-order valence-corrected chi connectivity index (χ2v) is 10.6. The lowest BCUT2D eigenvalue weighted by molar-refractivity contribution is -0.614. The number of benzene rings is 1. The van der Waals surface area contributed by atoms with Gasteiger partial charge in [-0.05, 0) is 75.5 Å². The van der Waals surface area contributed by atoms with Crippen molar-refractivity contribution in [1.29, 1.82) is 0 Å². The number of anilines is 2. The molecule has 1 amide bonds. The van der Waals surface area contributed by atoms with Crippen LogP contribution in [0.25, 0.3) is 10.9 Å². The molecule has 0 radical (unpaired) electrons. The second-order valence-electron chi connectivity index (χ2n) is 10.6. The normalized spacial score (nSPS) is 24.7. The largest absolute Gasteiger partial charge is 0.618 e. The monoisotopic (exact) mass is 475 g/mol. The van der Waals surface area contributed by atoms with Gasteiger partial charge >= 0.3 is 5.91 Å². The standard InChI is InChI=1S/C27H33N5O3/c1-18-5-4-6-24(32(18)35)26(33)28-23-15-19-17-31(21-9-11-27(34,12-10-21)20-7-8-20)29-22(19)16-25(23)30-13-2-3-14-30/h4-6,15-17,20-21,34H,2-3,7-14H2,1H3,(H,28,33). The van der Waals surface area contributed by atoms with E-state index in [0.717, 1.165) is 81.0 Å². The number of hydrogen-bond donors (Lipinski definition) is 2. The summed E-state index contributed by atoms with van der Waals surface area (Å²) < 4.78 is 2.73. The fraction of sp³-hybridized carbons (Fsp3) is 0.519. The van der Waals surface area contributed by atoms with Crippen molar-refractivity contribution in [3.8, 4) is 0 Å². The number of amides is 1. The van der Waals surface area contributed by atoms with Gasteiger partial charge in [-0.15, -0.1) is 0 Å². The van der Waals surface area contributed by atoms with Gasteiger partial charge in [0.25, 0.3) is 5.69 Å². The Balaban J connectivity index is 1.30. The Kier molecular flexibility index (Phi) is 5.44. The summed E-state index contributed by atoms with van der Waals surface area (Å²) in [6.07, 6.45) is 10.2. The smallest absolute Gasteiger partial charge is 0.321 e. The minimum Gasteiger partial charge on any atom is -0.618 e. The Labute approximate surface area is 205 Å². The van der Waals surface area contributed by atoms with E-state index in [9.17, 15) is 15.1 Å². The predicted octanol–water partition coefficient (Wildman–Crippen LogP) is 4.09. The zero-order chi connectivity index (χ0) is 24.2. The van der Waals surface area contributed by atoms with E-state index in [2.05, 4.69) is 27.2 Å². The van der Waals surface area contributed by atoms with E-state index < -0.39 is 11.5 Å². The van der Waals surface area contributed by atoms with Gasteiger partial charge in [-0.2, -0.15) is 9.83 Å². The van der Waals surface area contributed by atoms with Crippen molar-refractivity contribution in [1.82, 2.24) is 9.78 Å². The predicted molar refractivity (Wildman–Crippen MR) is 134 cm³/mol. The summed E-state index contributed by atoms with van der Waals surface area (Å²) in [5.41, 5.74) is 2.65. The van der Waals surface area contributed by atoms with Gasteiger partial charge in [-0.25, -0.2) is 0 Å². The molecule has 3 aromatic rings. The van der Waals surface area contributed by atoms with Crippen LogP contribution in [0, 0.1) is 18.0 Å². The van der Waals surface area contributed by atoms with Gasteiger partial charge in [0.05, 0.1) is 28.5 Å². The van der Waals surface area contributed by atoms with Crippen LogP contribution in [0.15, 0.2) is 36.5 Å². The molecule has 2 aliphatic carbocycles. The first kappa shape index (κ1) is 22.3. The highest BCUT2D eigenvalue weighted by Gasteiger charge is 2.45. The molecule has 0 bridgehead atoms. The summed E-state index contributed by atoms with van der Waals surface area (Å²) in [7, 11) is 0. The molecule has 3 aliphatic rings. The van der Waals surface area contributed by atoms with Crippen LogP contribution in [0.1, 0.15) is 73.6 Å². The molecule has 3 heterocycles. The molecule has 2 N–H and O–H groups in total. The summed E-state index contributed by atoms with van der Waals surface area (Å²) in [6, 6.07) is 9.29. The fourth-order valence-corrected chi connectivity index (χ4v) is 5.94. The molecule has 184 valence electrons. The van der Waals surface area contributed by atoms with Crippen LogP contribution in [0.3, 0.4) is 0 Å². The average molecular weight is 476 g/mol. The molecule has 0 atom stereocenters. The van der Waals surface area contributed by atoms with E-state index in [4.69, 9.17) is 5.10 Å². The number of fused-ring (bicyclic) bond motifs is 1. The third-order valence-corrected chi connectivity index (χ3v) is 8.23. The van der Waals surface area contributed by atoms with E-state index in [1.54, 1.807) is 25.1 Å². The van der Waals surface area contributed by atoms with Crippen LogP contribution in [-0.2, 0) is 0 Å². The highest BCUT2D eigenvalue weighted by Crippen LogP contribution is 2.49. The van der Waals surface area contributed by atoms with Gasteiger partial charge in [-0.3, -0.25) is 9.48 Å². The van der Waals surface area contributed by atoms with E-state index in [-0.39, 0.29) is 11.7 Å². The summed E-state index contributed by atoms with van der Waals surface area (Å²) in [5.74, 6) is 0.0815. The van der Waals surface area contributed by atoms with Gasteiger partial charge in [0.2, 0.25) is 0 Å². The lowest BCUT2D eigenvalue weighted by Gasteiger charge is -2.36. The van der Waals surface area contributed by atoms with E-state index in [1.165, 1.54) is 0 Å². The number of aryl methyl sites for hydroxylation is 1. The Hall–Kier alpha value is -3.13. The summed E-state index contributed by atoms with van der Waals surface area (Å²) in [5, 5.41) is 32.3. The maximum Gasteiger partial charge on any atom is 0.321 e. The quantitative estimate of drug-likeness (QED) is 0.428. The molecule has 2 aromatic heterocycles. The molecule has 2 saturated carbocycles. The van der Waals surface area contributed by atoms with Crippen molar-refractivity contribution >= 4 is 28.2 Å². The van der Waals surface area contributed by atoms with Crippen molar-refractivity contribution in [3.05, 3.63) is 53.1 Å². The number of pyridine rings is 1. The van der Waals surface area contributed by atoms with Crippen molar-refractivity contribution in [2.75, 3.05) is 23.3 Å². The minimum atomic E-state index is -0.475. The number of aliphatic hydroxyl groups is 1. The third kappa shape index (κ3) is 4.14. The number of rotatable bonds is 5. The Morgan fingerprint density at radius 1 is 1.17 bits per heavy atom. The summed E-state index contributed by atoms with van der Waals surface area (Å²) >= 11 is 0. The zero-order valence-electron chi connectivity index (χ0n) is 20.2. The molecule has 3 fully saturated rings. The molecule has 1 saturated heterocycles. The average Bonchev–Trinajstić information content (AvgIpc) is 3.42. The van der Waals surface area contributed by atoms with Gasteiger partial charge in [0, 0.05) is 43.7 Å². The molecule has 8 heteroatoms. The number of aromatic nitrogens is 3. The number of nitrogens with one attached hydrogen (secondary N) is 1. The highest BCUT2D eigenvalue weighted by atomic mass is 16.5. The van der Waals surface area contributed by atoms with Crippen LogP contribution in [0.4, 0.5) is 11.4 Å². The van der Waals surface area contributed by atoms with Crippen LogP contribution >= 0.6 is 0 Å². The third-order valence-electron chi connectivity index (χ3n) is 8.23. The molecular formula is C27H33N5O3. The zero-order valence-corrected chi connectivity index (χ0v) is 20.2. The summed E-state index contributed by atoms with van der Waals surface area (Å²) in [6.45, 7) is 3.56. The lowest BCUT2D eigenvalue weighted by atomic mass is 9.79. The maximum atomic E-state index is 13.1. The Morgan fingerprint density at radius 2 is 1.91 bits per heavy atom.